The van der Waals surface area contributed by atoms with Crippen LogP contribution in [0, 0.1) is 0 Å². The van der Waals surface area contributed by atoms with Crippen LogP contribution in [0.25, 0.3) is 0 Å². The van der Waals surface area contributed by atoms with Crippen molar-refractivity contribution in [1.82, 2.24) is 19.7 Å². The maximum atomic E-state index is 13.0. The second-order valence-electron chi connectivity index (χ2n) is 7.57. The Labute approximate surface area is 166 Å². The lowest BCUT2D eigenvalue weighted by molar-refractivity contribution is -0.148. The molecule has 4 rings (SSSR count). The van der Waals surface area contributed by atoms with Gasteiger partial charge in [-0.1, -0.05) is 18.2 Å². The highest BCUT2D eigenvalue weighted by Crippen LogP contribution is 2.47. The summed E-state index contributed by atoms with van der Waals surface area (Å²) in [7, 11) is 0. The molecule has 0 aliphatic carbocycles. The first-order valence-corrected chi connectivity index (χ1v) is 9.18. The van der Waals surface area contributed by atoms with Gasteiger partial charge in [-0.05, 0) is 24.5 Å². The second kappa shape index (κ2) is 6.96. The molecule has 1 aromatic heterocycles. The average Bonchev–Trinajstić information content (AvgIpc) is 3.32. The van der Waals surface area contributed by atoms with Crippen LogP contribution in [0.4, 0.5) is 26.3 Å². The molecule has 2 bridgehead atoms. The van der Waals surface area contributed by atoms with E-state index in [0.717, 1.165) is 16.7 Å². The van der Waals surface area contributed by atoms with E-state index in [4.69, 9.17) is 5.73 Å². The van der Waals surface area contributed by atoms with Crippen molar-refractivity contribution in [3.63, 3.8) is 0 Å². The molecular formula is C18H17F6N5O. The predicted octanol–water partition coefficient (Wildman–Crippen LogP) is 3.10. The van der Waals surface area contributed by atoms with Crippen molar-refractivity contribution in [3.05, 3.63) is 47.0 Å². The largest absolute Gasteiger partial charge is 0.451 e. The highest BCUT2D eigenvalue weighted by molar-refractivity contribution is 5.78. The minimum absolute atomic E-state index is 0.0615. The molecule has 3 atom stereocenters. The zero-order valence-electron chi connectivity index (χ0n) is 15.4. The number of benzene rings is 1. The highest BCUT2D eigenvalue weighted by atomic mass is 19.4. The number of halogens is 6. The first-order valence-electron chi connectivity index (χ1n) is 9.18. The van der Waals surface area contributed by atoms with E-state index in [2.05, 4.69) is 10.2 Å². The molecular weight excluding hydrogens is 416 g/mol. The predicted molar refractivity (Wildman–Crippen MR) is 90.9 cm³/mol. The molecule has 162 valence electrons. The molecule has 3 heterocycles. The van der Waals surface area contributed by atoms with E-state index in [1.165, 1.54) is 17.0 Å². The molecule has 2 aromatic rings. The van der Waals surface area contributed by atoms with Gasteiger partial charge in [0.15, 0.2) is 5.82 Å². The minimum atomic E-state index is -4.63. The summed E-state index contributed by atoms with van der Waals surface area (Å²) in [4.78, 5) is 14.1. The normalized spacial score (nSPS) is 21.8. The Balaban J connectivity index is 1.42. The Morgan fingerprint density at radius 2 is 1.90 bits per heavy atom. The van der Waals surface area contributed by atoms with E-state index < -0.39 is 41.9 Å². The van der Waals surface area contributed by atoms with Gasteiger partial charge in [0, 0.05) is 19.0 Å². The topological polar surface area (TPSA) is 77.0 Å². The van der Waals surface area contributed by atoms with Gasteiger partial charge in [0.1, 0.15) is 0 Å². The lowest BCUT2D eigenvalue weighted by atomic mass is 10.0. The van der Waals surface area contributed by atoms with E-state index in [-0.39, 0.29) is 31.1 Å². The maximum absolute atomic E-state index is 13.0. The molecule has 2 aliphatic rings. The third-order valence-corrected chi connectivity index (χ3v) is 5.43. The number of nitrogens with zero attached hydrogens (tertiary/aromatic N) is 4. The fourth-order valence-electron chi connectivity index (χ4n) is 4.20. The van der Waals surface area contributed by atoms with E-state index in [9.17, 15) is 31.1 Å². The summed E-state index contributed by atoms with van der Waals surface area (Å²) in [5.41, 5.74) is 5.53. The third kappa shape index (κ3) is 3.64. The Kier molecular flexibility index (Phi) is 4.79. The molecule has 2 aliphatic heterocycles. The Hall–Kier alpha value is -2.63. The van der Waals surface area contributed by atoms with Crippen LogP contribution in [0.15, 0.2) is 24.3 Å². The van der Waals surface area contributed by atoms with Crippen LogP contribution in [-0.2, 0) is 23.6 Å². The van der Waals surface area contributed by atoms with Crippen LogP contribution in [0.3, 0.4) is 0 Å². The van der Waals surface area contributed by atoms with E-state index in [1.54, 1.807) is 0 Å². The molecule has 0 unspecified atom stereocenters. The Morgan fingerprint density at radius 1 is 1.17 bits per heavy atom. The number of alkyl halides is 6. The molecule has 1 fully saturated rings. The number of hydrogen-bond acceptors (Lipinski definition) is 4. The summed E-state index contributed by atoms with van der Waals surface area (Å²) in [5, 5.41) is 6.84. The van der Waals surface area contributed by atoms with Crippen LogP contribution >= 0.6 is 0 Å². The molecule has 2 N–H and O–H groups in total. The summed E-state index contributed by atoms with van der Waals surface area (Å²) in [6.45, 7) is 0.0912. The molecule has 1 aromatic carbocycles. The van der Waals surface area contributed by atoms with Gasteiger partial charge < -0.3 is 15.2 Å². The number of fused-ring (bicyclic) bond motifs is 5. The molecule has 0 spiro atoms. The number of likely N-dealkylation sites (tertiary alicyclic amines) is 1. The molecule has 1 saturated heterocycles. The summed E-state index contributed by atoms with van der Waals surface area (Å²) in [6, 6.07) is 2.82. The van der Waals surface area contributed by atoms with Gasteiger partial charge in [-0.25, -0.2) is 0 Å². The number of carbonyl (C=O) groups excluding carboxylic acids is 1. The van der Waals surface area contributed by atoms with Crippen molar-refractivity contribution in [2.45, 2.75) is 49.7 Å². The molecule has 1 amide bonds. The molecule has 12 heteroatoms. The number of carbonyl (C=O) groups is 1. The molecule has 0 radical (unpaired) electrons. The van der Waals surface area contributed by atoms with E-state index >= 15 is 0 Å². The van der Waals surface area contributed by atoms with Crippen LogP contribution in [0.5, 0.6) is 0 Å². The van der Waals surface area contributed by atoms with Crippen molar-refractivity contribution in [2.24, 2.45) is 5.73 Å². The second-order valence-corrected chi connectivity index (χ2v) is 7.57. The van der Waals surface area contributed by atoms with Gasteiger partial charge in [0.05, 0.1) is 17.6 Å². The number of hydrogen-bond donors (Lipinski definition) is 1. The Bertz CT molecular complexity index is 969. The van der Waals surface area contributed by atoms with Gasteiger partial charge in [-0.3, -0.25) is 4.79 Å². The van der Waals surface area contributed by atoms with Gasteiger partial charge in [0.25, 0.3) is 0 Å². The number of rotatable bonds is 4. The zero-order valence-corrected chi connectivity index (χ0v) is 15.4. The standard InChI is InChI=1S/C18H17F6N5O/c19-17(20,21)10-3-1-2-9(4-10)5-11(25)6-14(30)28-8-12-7-13(28)15-26-27-16(29(12)15)18(22,23)24/h1-4,11-13H,5-8,25H2/t11-,12+,13+/m1/s1. The van der Waals surface area contributed by atoms with Crippen molar-refractivity contribution >= 4 is 5.91 Å². The summed E-state index contributed by atoms with van der Waals surface area (Å²) < 4.78 is 78.7. The summed E-state index contributed by atoms with van der Waals surface area (Å²) in [5.74, 6) is -1.35. The quantitative estimate of drug-likeness (QED) is 0.752. The lowest BCUT2D eigenvalue weighted by Crippen LogP contribution is -2.39. The minimum Gasteiger partial charge on any atom is -0.330 e. The summed E-state index contributed by atoms with van der Waals surface area (Å²) in [6.07, 6.45) is -8.86. The van der Waals surface area contributed by atoms with Gasteiger partial charge in [0.2, 0.25) is 11.7 Å². The zero-order chi connectivity index (χ0) is 21.8. The number of aromatic nitrogens is 3. The van der Waals surface area contributed by atoms with Crippen LogP contribution in [-0.4, -0.2) is 38.2 Å². The van der Waals surface area contributed by atoms with Gasteiger partial charge in [-0.2, -0.15) is 26.3 Å². The van der Waals surface area contributed by atoms with E-state index in [1.807, 2.05) is 0 Å². The van der Waals surface area contributed by atoms with Crippen LogP contribution in [0.1, 0.15) is 47.7 Å². The van der Waals surface area contributed by atoms with Gasteiger partial charge in [-0.15, -0.1) is 10.2 Å². The monoisotopic (exact) mass is 433 g/mol. The first-order chi connectivity index (χ1) is 13.9. The highest BCUT2D eigenvalue weighted by Gasteiger charge is 2.51. The van der Waals surface area contributed by atoms with Crippen LogP contribution in [0.2, 0.25) is 0 Å². The number of nitrogens with two attached hydrogens (primary N) is 1. The fraction of sp³-hybridized carbons (Fsp3) is 0.500. The van der Waals surface area contributed by atoms with Crippen molar-refractivity contribution < 1.29 is 31.1 Å². The smallest absolute Gasteiger partial charge is 0.330 e. The van der Waals surface area contributed by atoms with Crippen LogP contribution < -0.4 is 5.73 Å². The average molecular weight is 433 g/mol. The Morgan fingerprint density at radius 3 is 2.57 bits per heavy atom. The number of amides is 1. The van der Waals surface area contributed by atoms with Crippen molar-refractivity contribution in [1.29, 1.82) is 0 Å². The lowest BCUT2D eigenvalue weighted by Gasteiger charge is -2.28. The maximum Gasteiger partial charge on any atom is 0.451 e. The molecule has 30 heavy (non-hydrogen) atoms. The molecule has 6 nitrogen and oxygen atoms in total. The van der Waals surface area contributed by atoms with Gasteiger partial charge >= 0.3 is 12.4 Å². The summed E-state index contributed by atoms with van der Waals surface area (Å²) >= 11 is 0. The fourth-order valence-corrected chi connectivity index (χ4v) is 4.20. The SMILES string of the molecule is N[C@@H](CC(=O)N1C[C@@H]2C[C@H]1c1nnc(C(F)(F)F)n12)Cc1cccc(C(F)(F)F)c1. The third-order valence-electron chi connectivity index (χ3n) is 5.43. The van der Waals surface area contributed by atoms with E-state index in [0.29, 0.717) is 12.0 Å². The molecule has 0 saturated carbocycles. The van der Waals surface area contributed by atoms with Crippen molar-refractivity contribution in [3.8, 4) is 0 Å². The van der Waals surface area contributed by atoms with Crippen molar-refractivity contribution in [2.75, 3.05) is 6.54 Å². The first kappa shape index (κ1) is 20.6.